The van der Waals surface area contributed by atoms with E-state index in [9.17, 15) is 0 Å². The van der Waals surface area contributed by atoms with Crippen LogP contribution >= 0.6 is 0 Å². The summed E-state index contributed by atoms with van der Waals surface area (Å²) in [6.45, 7) is 13.6. The van der Waals surface area contributed by atoms with E-state index in [1.54, 1.807) is 0 Å². The van der Waals surface area contributed by atoms with Gasteiger partial charge in [0, 0.05) is 0 Å². The van der Waals surface area contributed by atoms with E-state index in [0.29, 0.717) is 0 Å². The van der Waals surface area contributed by atoms with Crippen LogP contribution < -0.4 is 0 Å². The predicted molar refractivity (Wildman–Crippen MR) is 104 cm³/mol. The molecule has 0 heterocycles. The van der Waals surface area contributed by atoms with Crippen molar-refractivity contribution in [2.24, 2.45) is 0 Å². The van der Waals surface area contributed by atoms with E-state index in [-0.39, 0.29) is 51.9 Å². The van der Waals surface area contributed by atoms with E-state index in [0.717, 1.165) is 6.42 Å². The van der Waals surface area contributed by atoms with Crippen molar-refractivity contribution in [3.8, 4) is 11.1 Å². The summed E-state index contributed by atoms with van der Waals surface area (Å²) in [5.41, 5.74) is 8.70. The molecule has 1 radical (unpaired) electrons. The number of rotatable bonds is 0. The SMILES string of the molecule is CC(C)(C)c1[c-]c2c(cc1)-c1ccc(C(C)(C)C)cc1C2.[CH3-].[CH3-].[Zr+3]. The molecule has 0 fully saturated rings. The molecule has 0 bridgehead atoms. The van der Waals surface area contributed by atoms with Gasteiger partial charge in [0.1, 0.15) is 0 Å². The minimum absolute atomic E-state index is 0. The summed E-state index contributed by atoms with van der Waals surface area (Å²) in [5, 5.41) is 0. The molecule has 1 aliphatic carbocycles. The van der Waals surface area contributed by atoms with Crippen LogP contribution in [0.5, 0.6) is 0 Å². The van der Waals surface area contributed by atoms with Crippen molar-refractivity contribution in [1.29, 1.82) is 0 Å². The Morgan fingerprint density at radius 2 is 1.38 bits per heavy atom. The van der Waals surface area contributed by atoms with E-state index >= 15 is 0 Å². The number of hydrogen-bond acceptors (Lipinski definition) is 0. The Balaban J connectivity index is 0.00000176. The molecular weight excluding hydrogens is 367 g/mol. The van der Waals surface area contributed by atoms with E-state index in [1.807, 2.05) is 0 Å². The number of hydrogen-bond donors (Lipinski definition) is 0. The first-order valence-corrected chi connectivity index (χ1v) is 7.86. The van der Waals surface area contributed by atoms with Crippen LogP contribution in [0.2, 0.25) is 0 Å². The van der Waals surface area contributed by atoms with Gasteiger partial charge in [-0.2, -0.15) is 23.8 Å². The molecule has 2 aromatic rings. The first-order chi connectivity index (χ1) is 9.66. The van der Waals surface area contributed by atoms with Crippen LogP contribution in [0.15, 0.2) is 30.3 Å². The largest absolute Gasteiger partial charge is 3.00 e. The first kappa shape index (κ1) is 23.3. The van der Waals surface area contributed by atoms with Crippen molar-refractivity contribution in [2.75, 3.05) is 0 Å². The summed E-state index contributed by atoms with van der Waals surface area (Å²) in [6.07, 6.45) is 1.03. The maximum absolute atomic E-state index is 3.67. The standard InChI is InChI=1S/C21H25.2CH3.Zr/c1-20(2,3)16-7-9-18-14(12-16)11-15-13-17(21(4,5)6)8-10-19(15)18;;;/h7-10,12H,11H2,1-6H3;2*1H3;/q3*-1;+3. The average Bonchev–Trinajstić information content (AvgIpc) is 2.73. The van der Waals surface area contributed by atoms with Gasteiger partial charge < -0.3 is 14.9 Å². The van der Waals surface area contributed by atoms with Gasteiger partial charge in [-0.15, -0.1) is 11.1 Å². The fourth-order valence-electron chi connectivity index (χ4n) is 3.03. The molecule has 0 atom stereocenters. The third-order valence-electron chi connectivity index (χ3n) is 4.46. The Hall–Kier alpha value is -0.677. The fourth-order valence-corrected chi connectivity index (χ4v) is 3.03. The van der Waals surface area contributed by atoms with Gasteiger partial charge in [0.25, 0.3) is 0 Å². The monoisotopic (exact) mass is 397 g/mol. The zero-order valence-corrected chi connectivity index (χ0v) is 19.1. The Labute approximate surface area is 169 Å². The smallest absolute Gasteiger partial charge is 0.358 e. The molecule has 0 unspecified atom stereocenters. The van der Waals surface area contributed by atoms with Crippen LogP contribution in [0.3, 0.4) is 0 Å². The Morgan fingerprint density at radius 3 is 1.92 bits per heavy atom. The molecule has 0 spiro atoms. The zero-order chi connectivity index (χ0) is 15.4. The van der Waals surface area contributed by atoms with Gasteiger partial charge in [-0.05, 0) is 28.4 Å². The molecule has 1 aliphatic rings. The maximum Gasteiger partial charge on any atom is 3.00 e. The molecule has 0 amide bonds. The quantitative estimate of drug-likeness (QED) is 0.377. The van der Waals surface area contributed by atoms with E-state index in [1.165, 1.54) is 33.4 Å². The Bertz CT molecular complexity index is 635. The summed E-state index contributed by atoms with van der Waals surface area (Å²) in [5.74, 6) is 0. The van der Waals surface area contributed by atoms with Crippen LogP contribution in [0.4, 0.5) is 0 Å². The Kier molecular flexibility index (Phi) is 7.48. The van der Waals surface area contributed by atoms with Crippen LogP contribution in [-0.4, -0.2) is 0 Å². The van der Waals surface area contributed by atoms with Crippen molar-refractivity contribution in [3.05, 3.63) is 73.5 Å². The van der Waals surface area contributed by atoms with Crippen LogP contribution in [-0.2, 0) is 43.5 Å². The molecular formula is C23H31Zr. The first-order valence-electron chi connectivity index (χ1n) is 7.86. The topological polar surface area (TPSA) is 0 Å². The minimum atomic E-state index is 0. The van der Waals surface area contributed by atoms with Gasteiger partial charge in [-0.25, -0.2) is 0 Å². The van der Waals surface area contributed by atoms with Crippen molar-refractivity contribution >= 4 is 0 Å². The van der Waals surface area contributed by atoms with Crippen molar-refractivity contribution in [2.45, 2.75) is 58.8 Å². The zero-order valence-electron chi connectivity index (χ0n) is 16.6. The molecule has 1 heteroatoms. The van der Waals surface area contributed by atoms with E-state index in [2.05, 4.69) is 77.9 Å². The number of fused-ring (bicyclic) bond motifs is 3. The number of benzene rings is 2. The second kappa shape index (κ2) is 7.69. The normalized spacial score (nSPS) is 12.2. The van der Waals surface area contributed by atoms with Gasteiger partial charge >= 0.3 is 26.2 Å². The molecule has 127 valence electrons. The summed E-state index contributed by atoms with van der Waals surface area (Å²) < 4.78 is 0. The van der Waals surface area contributed by atoms with Crippen LogP contribution in [0.25, 0.3) is 11.1 Å². The predicted octanol–water partition coefficient (Wildman–Crippen LogP) is 6.55. The second-order valence-corrected chi connectivity index (χ2v) is 8.31. The van der Waals surface area contributed by atoms with Gasteiger partial charge in [0.05, 0.1) is 0 Å². The molecule has 0 aliphatic heterocycles. The van der Waals surface area contributed by atoms with E-state index < -0.39 is 0 Å². The maximum atomic E-state index is 3.67. The second-order valence-electron chi connectivity index (χ2n) is 8.31. The van der Waals surface area contributed by atoms with Crippen LogP contribution in [0, 0.1) is 20.9 Å². The summed E-state index contributed by atoms with van der Waals surface area (Å²) in [4.78, 5) is 0. The van der Waals surface area contributed by atoms with Gasteiger partial charge in [0.2, 0.25) is 0 Å². The average molecular weight is 399 g/mol. The molecule has 24 heavy (non-hydrogen) atoms. The summed E-state index contributed by atoms with van der Waals surface area (Å²) >= 11 is 0. The molecule has 0 saturated carbocycles. The molecule has 3 rings (SSSR count). The van der Waals surface area contributed by atoms with Crippen LogP contribution in [0.1, 0.15) is 63.8 Å². The third-order valence-corrected chi connectivity index (χ3v) is 4.46. The van der Waals surface area contributed by atoms with Crippen molar-refractivity contribution < 1.29 is 26.2 Å². The van der Waals surface area contributed by atoms with E-state index in [4.69, 9.17) is 0 Å². The molecule has 2 aromatic carbocycles. The molecule has 0 N–H and O–H groups in total. The summed E-state index contributed by atoms with van der Waals surface area (Å²) in [6, 6.07) is 15.2. The molecule has 0 saturated heterocycles. The van der Waals surface area contributed by atoms with Crippen molar-refractivity contribution in [1.82, 2.24) is 0 Å². The molecule has 0 nitrogen and oxygen atoms in total. The summed E-state index contributed by atoms with van der Waals surface area (Å²) in [7, 11) is 0. The minimum Gasteiger partial charge on any atom is -0.358 e. The fraction of sp³-hybridized carbons (Fsp3) is 0.391. The van der Waals surface area contributed by atoms with Gasteiger partial charge in [0.15, 0.2) is 0 Å². The third kappa shape index (κ3) is 4.29. The van der Waals surface area contributed by atoms with Gasteiger partial charge in [-0.3, -0.25) is 0 Å². The van der Waals surface area contributed by atoms with Crippen molar-refractivity contribution in [3.63, 3.8) is 0 Å². The molecule has 0 aromatic heterocycles. The van der Waals surface area contributed by atoms with Gasteiger partial charge in [-0.1, -0.05) is 65.3 Å². The Morgan fingerprint density at radius 1 is 0.792 bits per heavy atom.